The zero-order valence-corrected chi connectivity index (χ0v) is 10.9. The number of halogens is 3. The Hall–Kier alpha value is -2.25. The summed E-state index contributed by atoms with van der Waals surface area (Å²) < 4.78 is 43.6. The van der Waals surface area contributed by atoms with Crippen LogP contribution in [0, 0.1) is 0 Å². The number of benzene rings is 1. The Morgan fingerprint density at radius 1 is 1.24 bits per heavy atom. The molecule has 0 fully saturated rings. The van der Waals surface area contributed by atoms with E-state index in [2.05, 4.69) is 0 Å². The minimum absolute atomic E-state index is 0.0493. The summed E-state index contributed by atoms with van der Waals surface area (Å²) in [5.74, 6) is -2.35. The van der Waals surface area contributed by atoms with Gasteiger partial charge in [-0.2, -0.15) is 13.2 Å². The summed E-state index contributed by atoms with van der Waals surface area (Å²) in [6.07, 6.45) is -4.14. The number of unbranched alkanes of at least 4 members (excludes halogenated alkanes) is 1. The van der Waals surface area contributed by atoms with Gasteiger partial charge in [-0.3, -0.25) is 9.59 Å². The highest BCUT2D eigenvalue weighted by atomic mass is 19.4. The highest BCUT2D eigenvalue weighted by Gasteiger charge is 2.35. The lowest BCUT2D eigenvalue weighted by Crippen LogP contribution is -2.15. The maximum Gasteiger partial charge on any atom is 0.419 e. The Morgan fingerprint density at radius 3 is 2.43 bits per heavy atom. The van der Waals surface area contributed by atoms with Gasteiger partial charge in [0.2, 0.25) is 5.91 Å². The van der Waals surface area contributed by atoms with E-state index in [-0.39, 0.29) is 18.6 Å². The van der Waals surface area contributed by atoms with Crippen molar-refractivity contribution in [3.05, 3.63) is 29.3 Å². The van der Waals surface area contributed by atoms with Crippen LogP contribution in [0.4, 0.5) is 13.2 Å². The minimum Gasteiger partial charge on any atom is -0.493 e. The molecule has 0 aliphatic carbocycles. The van der Waals surface area contributed by atoms with Crippen molar-refractivity contribution in [1.29, 1.82) is 0 Å². The predicted molar refractivity (Wildman–Crippen MR) is 66.9 cm³/mol. The van der Waals surface area contributed by atoms with Crippen molar-refractivity contribution in [2.24, 2.45) is 5.73 Å². The van der Waals surface area contributed by atoms with Crippen LogP contribution in [-0.2, 0) is 11.0 Å². The number of nitrogens with two attached hydrogens (primary N) is 1. The maximum absolute atomic E-state index is 12.9. The third-order valence-corrected chi connectivity index (χ3v) is 2.61. The summed E-state index contributed by atoms with van der Waals surface area (Å²) in [5, 5.41) is 8.43. The number of carbonyl (C=O) groups excluding carboxylic acids is 1. The summed E-state index contributed by atoms with van der Waals surface area (Å²) in [7, 11) is 0. The lowest BCUT2D eigenvalue weighted by atomic mass is 10.1. The molecule has 0 atom stereocenters. The van der Waals surface area contributed by atoms with Gasteiger partial charge in [0.1, 0.15) is 5.75 Å². The van der Waals surface area contributed by atoms with Gasteiger partial charge in [0.15, 0.2) is 0 Å². The van der Waals surface area contributed by atoms with E-state index in [1.807, 2.05) is 0 Å². The SMILES string of the molecule is NC(=O)c1ccc(OCCCCC(=O)O)c(C(F)(F)F)c1. The number of ether oxygens (including phenoxy) is 1. The highest BCUT2D eigenvalue weighted by Crippen LogP contribution is 2.36. The fraction of sp³-hybridized carbons (Fsp3) is 0.385. The molecule has 3 N–H and O–H groups in total. The molecule has 0 saturated carbocycles. The summed E-state index contributed by atoms with van der Waals surface area (Å²) in [4.78, 5) is 21.2. The molecular formula is C13H14F3NO4. The molecule has 1 aromatic rings. The van der Waals surface area contributed by atoms with Crippen molar-refractivity contribution in [2.75, 3.05) is 6.61 Å². The van der Waals surface area contributed by atoms with E-state index < -0.39 is 29.4 Å². The molecule has 0 unspecified atom stereocenters. The van der Waals surface area contributed by atoms with Gasteiger partial charge in [-0.25, -0.2) is 0 Å². The molecule has 1 aromatic carbocycles. The lowest BCUT2D eigenvalue weighted by Gasteiger charge is -2.14. The first-order valence-electron chi connectivity index (χ1n) is 6.07. The number of amides is 1. The number of alkyl halides is 3. The third-order valence-electron chi connectivity index (χ3n) is 2.61. The second-order valence-corrected chi connectivity index (χ2v) is 4.27. The summed E-state index contributed by atoms with van der Waals surface area (Å²) in [6.45, 7) is -0.0493. The first-order chi connectivity index (χ1) is 9.71. The molecule has 0 saturated heterocycles. The van der Waals surface area contributed by atoms with Crippen LogP contribution >= 0.6 is 0 Å². The van der Waals surface area contributed by atoms with Crippen LogP contribution in [0.3, 0.4) is 0 Å². The normalized spacial score (nSPS) is 11.2. The molecule has 0 heterocycles. The number of carboxylic acids is 1. The standard InChI is InChI=1S/C13H14F3NO4/c14-13(15,16)9-7-8(12(17)20)4-5-10(9)21-6-2-1-3-11(18)19/h4-5,7H,1-3,6H2,(H2,17,20)(H,18,19). The molecule has 21 heavy (non-hydrogen) atoms. The first kappa shape index (κ1) is 16.8. The van der Waals surface area contributed by atoms with E-state index in [0.717, 1.165) is 12.1 Å². The Labute approximate surface area is 118 Å². The van der Waals surface area contributed by atoms with Crippen molar-refractivity contribution < 1.29 is 32.6 Å². The van der Waals surface area contributed by atoms with E-state index in [9.17, 15) is 22.8 Å². The summed E-state index contributed by atoms with van der Waals surface area (Å²) in [5.41, 5.74) is 3.59. The number of rotatable bonds is 7. The summed E-state index contributed by atoms with van der Waals surface area (Å²) >= 11 is 0. The van der Waals surface area contributed by atoms with Gasteiger partial charge in [-0.15, -0.1) is 0 Å². The predicted octanol–water partition coefficient (Wildman–Crippen LogP) is 2.44. The molecule has 0 bridgehead atoms. The van der Waals surface area contributed by atoms with Crippen LogP contribution < -0.4 is 10.5 Å². The number of aliphatic carboxylic acids is 1. The zero-order chi connectivity index (χ0) is 16.0. The van der Waals surface area contributed by atoms with E-state index in [0.29, 0.717) is 18.9 Å². The van der Waals surface area contributed by atoms with Crippen LogP contribution in [0.1, 0.15) is 35.2 Å². The van der Waals surface area contributed by atoms with Gasteiger partial charge in [-0.05, 0) is 31.0 Å². The molecule has 0 aliphatic rings. The van der Waals surface area contributed by atoms with E-state index in [1.165, 1.54) is 0 Å². The molecule has 116 valence electrons. The fourth-order valence-corrected chi connectivity index (χ4v) is 1.59. The summed E-state index contributed by atoms with van der Waals surface area (Å²) in [6, 6.07) is 2.80. The molecule has 1 amide bonds. The van der Waals surface area contributed by atoms with Crippen LogP contribution in [0.15, 0.2) is 18.2 Å². The van der Waals surface area contributed by atoms with Crippen molar-refractivity contribution in [3.63, 3.8) is 0 Å². The minimum atomic E-state index is -4.68. The van der Waals surface area contributed by atoms with Gasteiger partial charge in [0.25, 0.3) is 0 Å². The average Bonchev–Trinajstić information content (AvgIpc) is 2.36. The Kier molecular flexibility index (Phi) is 5.57. The molecule has 0 aromatic heterocycles. The Balaban J connectivity index is 2.77. The lowest BCUT2D eigenvalue weighted by molar-refractivity contribution is -0.139. The number of carbonyl (C=O) groups is 2. The molecule has 0 radical (unpaired) electrons. The topological polar surface area (TPSA) is 89.6 Å². The van der Waals surface area contributed by atoms with E-state index >= 15 is 0 Å². The number of carboxylic acid groups (broad SMARTS) is 1. The van der Waals surface area contributed by atoms with E-state index in [1.54, 1.807) is 0 Å². The number of primary amides is 1. The molecule has 5 nitrogen and oxygen atoms in total. The van der Waals surface area contributed by atoms with Crippen LogP contribution in [0.2, 0.25) is 0 Å². The molecular weight excluding hydrogens is 291 g/mol. The first-order valence-corrected chi connectivity index (χ1v) is 6.07. The van der Waals surface area contributed by atoms with Crippen molar-refractivity contribution in [3.8, 4) is 5.75 Å². The van der Waals surface area contributed by atoms with Crippen molar-refractivity contribution in [1.82, 2.24) is 0 Å². The number of hydrogen-bond acceptors (Lipinski definition) is 3. The second-order valence-electron chi connectivity index (χ2n) is 4.27. The van der Waals surface area contributed by atoms with Crippen LogP contribution in [0.5, 0.6) is 5.75 Å². The smallest absolute Gasteiger partial charge is 0.419 e. The van der Waals surface area contributed by atoms with Gasteiger partial charge in [0, 0.05) is 12.0 Å². The average molecular weight is 305 g/mol. The van der Waals surface area contributed by atoms with Crippen LogP contribution in [0.25, 0.3) is 0 Å². The molecule has 8 heteroatoms. The van der Waals surface area contributed by atoms with E-state index in [4.69, 9.17) is 15.6 Å². The second kappa shape index (κ2) is 6.96. The highest BCUT2D eigenvalue weighted by molar-refractivity contribution is 5.93. The molecule has 0 spiro atoms. The quantitative estimate of drug-likeness (QED) is 0.757. The monoisotopic (exact) mass is 305 g/mol. The molecule has 0 aliphatic heterocycles. The fourth-order valence-electron chi connectivity index (χ4n) is 1.59. The van der Waals surface area contributed by atoms with Crippen LogP contribution in [-0.4, -0.2) is 23.6 Å². The maximum atomic E-state index is 12.9. The Bertz CT molecular complexity index is 529. The number of hydrogen-bond donors (Lipinski definition) is 2. The zero-order valence-electron chi connectivity index (χ0n) is 10.9. The van der Waals surface area contributed by atoms with Gasteiger partial charge in [0.05, 0.1) is 12.2 Å². The molecule has 1 rings (SSSR count). The van der Waals surface area contributed by atoms with Gasteiger partial charge in [-0.1, -0.05) is 0 Å². The largest absolute Gasteiger partial charge is 0.493 e. The van der Waals surface area contributed by atoms with Crippen molar-refractivity contribution in [2.45, 2.75) is 25.4 Å². The Morgan fingerprint density at radius 2 is 1.90 bits per heavy atom. The van der Waals surface area contributed by atoms with Gasteiger partial charge >= 0.3 is 12.1 Å². The third kappa shape index (κ3) is 5.33. The van der Waals surface area contributed by atoms with Gasteiger partial charge < -0.3 is 15.6 Å². The van der Waals surface area contributed by atoms with Crippen molar-refractivity contribution >= 4 is 11.9 Å².